The molecule has 184 valence electrons. The second-order valence-electron chi connectivity index (χ2n) is 8.97. The maximum atomic E-state index is 15.1. The molecule has 1 unspecified atom stereocenters. The van der Waals surface area contributed by atoms with Gasteiger partial charge < -0.3 is 14.9 Å². The molecule has 1 saturated carbocycles. The fourth-order valence-electron chi connectivity index (χ4n) is 4.10. The predicted octanol–water partition coefficient (Wildman–Crippen LogP) is 5.10. The number of carbonyl (C=O) groups is 1. The van der Waals surface area contributed by atoms with E-state index in [0.29, 0.717) is 17.5 Å². The third-order valence-corrected chi connectivity index (χ3v) is 6.53. The predicted molar refractivity (Wildman–Crippen MR) is 131 cm³/mol. The van der Waals surface area contributed by atoms with Gasteiger partial charge in [-0.1, -0.05) is 47.5 Å². The molecule has 0 aliphatic heterocycles. The van der Waals surface area contributed by atoms with Gasteiger partial charge in [-0.05, 0) is 68.7 Å². The molecule has 3 aromatic rings. The summed E-state index contributed by atoms with van der Waals surface area (Å²) in [5.74, 6) is 4.44. The van der Waals surface area contributed by atoms with Crippen molar-refractivity contribution in [2.75, 3.05) is 6.61 Å². The number of ether oxygens (including phenoxy) is 1. The number of carbonyl (C=O) groups excluding carboxylic acids is 1. The van der Waals surface area contributed by atoms with Gasteiger partial charge in [0.05, 0.1) is 12.6 Å². The van der Waals surface area contributed by atoms with Crippen molar-refractivity contribution in [3.8, 4) is 11.6 Å². The van der Waals surface area contributed by atoms with Crippen LogP contribution >= 0.6 is 11.6 Å². The second-order valence-corrected chi connectivity index (χ2v) is 9.33. The lowest BCUT2D eigenvalue weighted by Crippen LogP contribution is -2.41. The summed E-state index contributed by atoms with van der Waals surface area (Å²) >= 11 is 6.17. The van der Waals surface area contributed by atoms with Crippen molar-refractivity contribution in [2.45, 2.75) is 52.0 Å². The minimum Gasteiger partial charge on any atom is -0.434 e. The Balaban J connectivity index is 1.61. The van der Waals surface area contributed by atoms with E-state index < -0.39 is 17.8 Å². The van der Waals surface area contributed by atoms with Crippen LogP contribution in [0.25, 0.3) is 0 Å². The Labute approximate surface area is 208 Å². The minimum atomic E-state index is -0.500. The number of hydrogen-bond acceptors (Lipinski definition) is 6. The van der Waals surface area contributed by atoms with Gasteiger partial charge in [0.1, 0.15) is 5.56 Å². The van der Waals surface area contributed by atoms with Gasteiger partial charge in [0.25, 0.3) is 11.8 Å². The van der Waals surface area contributed by atoms with Crippen molar-refractivity contribution in [2.24, 2.45) is 5.90 Å². The molecule has 1 aliphatic carbocycles. The van der Waals surface area contributed by atoms with Crippen molar-refractivity contribution >= 4 is 17.5 Å². The zero-order chi connectivity index (χ0) is 25.1. The lowest BCUT2D eigenvalue weighted by atomic mass is 9.99. The zero-order valence-corrected chi connectivity index (χ0v) is 20.7. The van der Waals surface area contributed by atoms with Crippen molar-refractivity contribution in [1.82, 2.24) is 15.5 Å². The standard InChI is InChI=1S/C26H28ClFN4O3/c1-14-7-8-18(15(2)11-14)12-19(13-34-29)30-25(33)22-16(3)24(27)31-32-26(22)35-21-6-4-5-20(23(21)28)17-9-10-17/h4-8,11,17,19H,9-10,12-13,29H2,1-3H3,(H,30,33). The van der Waals surface area contributed by atoms with Gasteiger partial charge in [0.2, 0.25) is 0 Å². The van der Waals surface area contributed by atoms with Crippen LogP contribution in [0.3, 0.4) is 0 Å². The number of rotatable bonds is 9. The van der Waals surface area contributed by atoms with E-state index in [2.05, 4.69) is 21.6 Å². The summed E-state index contributed by atoms with van der Waals surface area (Å²) in [5, 5.41) is 10.8. The van der Waals surface area contributed by atoms with Crippen LogP contribution in [0.2, 0.25) is 5.15 Å². The summed E-state index contributed by atoms with van der Waals surface area (Å²) in [4.78, 5) is 18.3. The molecule has 7 nitrogen and oxygen atoms in total. The third kappa shape index (κ3) is 5.78. The average molecular weight is 499 g/mol. The number of hydrogen-bond donors (Lipinski definition) is 2. The molecule has 1 atom stereocenters. The maximum Gasteiger partial charge on any atom is 0.257 e. The summed E-state index contributed by atoms with van der Waals surface area (Å²) in [6.45, 7) is 5.75. The number of halogens is 2. The van der Waals surface area contributed by atoms with Crippen LogP contribution in [0, 0.1) is 26.6 Å². The summed E-state index contributed by atoms with van der Waals surface area (Å²) < 4.78 is 20.8. The highest BCUT2D eigenvalue weighted by Gasteiger charge is 2.29. The van der Waals surface area contributed by atoms with Crippen molar-refractivity contribution in [3.63, 3.8) is 0 Å². The summed E-state index contributed by atoms with van der Waals surface area (Å²) in [5.41, 5.74) is 4.34. The largest absolute Gasteiger partial charge is 0.434 e. The maximum absolute atomic E-state index is 15.1. The van der Waals surface area contributed by atoms with E-state index in [1.54, 1.807) is 19.1 Å². The van der Waals surface area contributed by atoms with E-state index in [1.165, 1.54) is 6.07 Å². The molecule has 9 heteroatoms. The van der Waals surface area contributed by atoms with Crippen LogP contribution < -0.4 is 16.0 Å². The quantitative estimate of drug-likeness (QED) is 0.398. The molecular formula is C26H28ClFN4O3. The molecular weight excluding hydrogens is 471 g/mol. The van der Waals surface area contributed by atoms with E-state index in [4.69, 9.17) is 27.1 Å². The van der Waals surface area contributed by atoms with Crippen LogP contribution in [-0.2, 0) is 11.3 Å². The van der Waals surface area contributed by atoms with Gasteiger partial charge in [0, 0.05) is 5.56 Å². The second kappa shape index (κ2) is 10.7. The number of benzene rings is 2. The van der Waals surface area contributed by atoms with E-state index in [0.717, 1.165) is 29.5 Å². The van der Waals surface area contributed by atoms with Gasteiger partial charge in [-0.15, -0.1) is 10.2 Å². The summed E-state index contributed by atoms with van der Waals surface area (Å²) in [6, 6.07) is 10.6. The fourth-order valence-corrected chi connectivity index (χ4v) is 4.24. The summed E-state index contributed by atoms with van der Waals surface area (Å²) in [7, 11) is 0. The van der Waals surface area contributed by atoms with Gasteiger partial charge in [0.15, 0.2) is 16.7 Å². The molecule has 1 fully saturated rings. The van der Waals surface area contributed by atoms with Crippen LogP contribution in [-0.4, -0.2) is 28.8 Å². The molecule has 1 aliphatic rings. The lowest BCUT2D eigenvalue weighted by molar-refractivity contribution is 0.0836. The number of amides is 1. The molecule has 0 bridgehead atoms. The molecule has 3 N–H and O–H groups in total. The Morgan fingerprint density at radius 1 is 1.23 bits per heavy atom. The zero-order valence-electron chi connectivity index (χ0n) is 19.9. The van der Waals surface area contributed by atoms with Crippen LogP contribution in [0.1, 0.15) is 56.9 Å². The highest BCUT2D eigenvalue weighted by molar-refractivity contribution is 6.30. The van der Waals surface area contributed by atoms with Crippen LogP contribution in [0.4, 0.5) is 4.39 Å². The molecule has 1 aromatic heterocycles. The van der Waals surface area contributed by atoms with Crippen molar-refractivity contribution < 1.29 is 18.8 Å². The Kier molecular flexibility index (Phi) is 7.64. The first-order chi connectivity index (χ1) is 16.8. The molecule has 0 saturated heterocycles. The highest BCUT2D eigenvalue weighted by Crippen LogP contribution is 2.43. The number of nitrogens with zero attached hydrogens (tertiary/aromatic N) is 2. The van der Waals surface area contributed by atoms with Gasteiger partial charge in [-0.25, -0.2) is 10.3 Å². The van der Waals surface area contributed by atoms with E-state index in [-0.39, 0.29) is 34.9 Å². The SMILES string of the molecule is Cc1ccc(CC(CON)NC(=O)c2c(Oc3cccc(C4CC4)c3F)nnc(Cl)c2C)c(C)c1. The normalized spacial score (nSPS) is 14.0. The molecule has 1 heterocycles. The smallest absolute Gasteiger partial charge is 0.257 e. The summed E-state index contributed by atoms with van der Waals surface area (Å²) in [6.07, 6.45) is 2.38. The number of nitrogens with two attached hydrogens (primary N) is 1. The Morgan fingerprint density at radius 3 is 2.69 bits per heavy atom. The van der Waals surface area contributed by atoms with E-state index in [1.807, 2.05) is 26.0 Å². The van der Waals surface area contributed by atoms with Crippen LogP contribution in [0.5, 0.6) is 11.6 Å². The molecule has 35 heavy (non-hydrogen) atoms. The molecule has 1 amide bonds. The average Bonchev–Trinajstić information content (AvgIpc) is 3.65. The molecule has 2 aromatic carbocycles. The Morgan fingerprint density at radius 2 is 2.00 bits per heavy atom. The highest BCUT2D eigenvalue weighted by atomic mass is 35.5. The monoisotopic (exact) mass is 498 g/mol. The van der Waals surface area contributed by atoms with E-state index in [9.17, 15) is 4.79 Å². The van der Waals surface area contributed by atoms with Gasteiger partial charge in [-0.3, -0.25) is 4.79 Å². The fraction of sp³-hybridized carbons (Fsp3) is 0.346. The van der Waals surface area contributed by atoms with Gasteiger partial charge >= 0.3 is 0 Å². The topological polar surface area (TPSA) is 99.4 Å². The van der Waals surface area contributed by atoms with Crippen LogP contribution in [0.15, 0.2) is 36.4 Å². The number of nitrogens with one attached hydrogen (secondary N) is 1. The minimum absolute atomic E-state index is 0.0170. The number of aromatic nitrogens is 2. The Bertz CT molecular complexity index is 1250. The van der Waals surface area contributed by atoms with E-state index >= 15 is 4.39 Å². The first-order valence-corrected chi connectivity index (χ1v) is 11.8. The molecule has 0 spiro atoms. The lowest BCUT2D eigenvalue weighted by Gasteiger charge is -2.20. The Hall–Kier alpha value is -3.07. The first kappa shape index (κ1) is 25.0. The van der Waals surface area contributed by atoms with Gasteiger partial charge in [-0.2, -0.15) is 0 Å². The molecule has 0 radical (unpaired) electrons. The molecule has 4 rings (SSSR count). The third-order valence-electron chi connectivity index (χ3n) is 6.17. The van der Waals surface area contributed by atoms with Crippen molar-refractivity contribution in [3.05, 3.63) is 80.7 Å². The van der Waals surface area contributed by atoms with Crippen molar-refractivity contribution in [1.29, 1.82) is 0 Å². The first-order valence-electron chi connectivity index (χ1n) is 11.5. The number of aryl methyl sites for hydroxylation is 2.